The van der Waals surface area contributed by atoms with Crippen molar-refractivity contribution >= 4 is 23.2 Å². The van der Waals surface area contributed by atoms with E-state index in [0.717, 1.165) is 23.4 Å². The molecule has 2 amide bonds. The molecule has 0 spiro atoms. The fourth-order valence-electron chi connectivity index (χ4n) is 2.81. The Bertz CT molecular complexity index is 1050. The lowest BCUT2D eigenvalue weighted by Gasteiger charge is -2.12. The molecule has 0 aliphatic carbocycles. The van der Waals surface area contributed by atoms with Gasteiger partial charge in [0.1, 0.15) is 9.88 Å². The number of nitrogens with one attached hydrogen (secondary N) is 2. The van der Waals surface area contributed by atoms with E-state index in [1.54, 1.807) is 25.1 Å². The number of carbonyl (C=O) groups excluding carboxylic acids is 2. The molecule has 0 saturated heterocycles. The first-order valence-electron chi connectivity index (χ1n) is 9.97. The maximum absolute atomic E-state index is 12.6. The molecule has 0 radical (unpaired) electrons. The van der Waals surface area contributed by atoms with E-state index >= 15 is 0 Å². The van der Waals surface area contributed by atoms with E-state index in [4.69, 9.17) is 9.47 Å². The van der Waals surface area contributed by atoms with Crippen LogP contribution in [-0.4, -0.2) is 30.5 Å². The number of thiazole rings is 1. The fourth-order valence-corrected chi connectivity index (χ4v) is 3.78. The van der Waals surface area contributed by atoms with Crippen LogP contribution in [0.2, 0.25) is 0 Å². The summed E-state index contributed by atoms with van der Waals surface area (Å²) in [6.45, 7) is 4.42. The largest absolute Gasteiger partial charge is 0.493 e. The second-order valence-corrected chi connectivity index (χ2v) is 7.77. The Morgan fingerprint density at radius 3 is 2.48 bits per heavy atom. The van der Waals surface area contributed by atoms with E-state index < -0.39 is 11.8 Å². The van der Waals surface area contributed by atoms with Gasteiger partial charge in [0.25, 0.3) is 11.8 Å². The highest BCUT2D eigenvalue weighted by Crippen LogP contribution is 2.29. The number of hydrazine groups is 1. The van der Waals surface area contributed by atoms with Crippen molar-refractivity contribution in [3.63, 3.8) is 0 Å². The molecule has 0 atom stereocenters. The molecule has 0 aliphatic rings. The molecule has 1 aromatic heterocycles. The van der Waals surface area contributed by atoms with Gasteiger partial charge in [-0.3, -0.25) is 20.4 Å². The Labute approximate surface area is 185 Å². The summed E-state index contributed by atoms with van der Waals surface area (Å²) >= 11 is 1.27. The first-order valence-corrected chi connectivity index (χ1v) is 10.8. The number of rotatable bonds is 8. The molecule has 0 saturated carbocycles. The van der Waals surface area contributed by atoms with Crippen LogP contribution in [0, 0.1) is 6.92 Å². The molecule has 162 valence electrons. The van der Waals surface area contributed by atoms with Crippen LogP contribution in [-0.2, 0) is 0 Å². The summed E-state index contributed by atoms with van der Waals surface area (Å²) in [5, 5.41) is 0.748. The van der Waals surface area contributed by atoms with Crippen LogP contribution >= 0.6 is 11.3 Å². The molecule has 3 aromatic rings. The van der Waals surface area contributed by atoms with Crippen molar-refractivity contribution in [2.75, 3.05) is 13.7 Å². The summed E-state index contributed by atoms with van der Waals surface area (Å²) in [4.78, 5) is 30.0. The summed E-state index contributed by atoms with van der Waals surface area (Å²) in [5.74, 6) is 0.153. The molecule has 3 rings (SSSR count). The van der Waals surface area contributed by atoms with Crippen LogP contribution in [0.3, 0.4) is 0 Å². The highest BCUT2D eigenvalue weighted by Gasteiger charge is 2.18. The molecule has 2 N–H and O–H groups in total. The van der Waals surface area contributed by atoms with Crippen molar-refractivity contribution in [3.8, 4) is 22.1 Å². The van der Waals surface area contributed by atoms with E-state index in [2.05, 4.69) is 22.8 Å². The monoisotopic (exact) mass is 439 g/mol. The summed E-state index contributed by atoms with van der Waals surface area (Å²) in [6.07, 6.45) is 1.95. The number of amides is 2. The van der Waals surface area contributed by atoms with Crippen molar-refractivity contribution in [3.05, 3.63) is 64.7 Å². The van der Waals surface area contributed by atoms with Gasteiger partial charge in [-0.1, -0.05) is 43.7 Å². The first-order chi connectivity index (χ1) is 15.0. The highest BCUT2D eigenvalue weighted by atomic mass is 32.1. The zero-order valence-corrected chi connectivity index (χ0v) is 18.5. The Hall–Kier alpha value is -3.39. The number of carbonyl (C=O) groups is 2. The Morgan fingerprint density at radius 1 is 1.03 bits per heavy atom. The third kappa shape index (κ3) is 5.61. The molecule has 31 heavy (non-hydrogen) atoms. The van der Waals surface area contributed by atoms with Crippen molar-refractivity contribution in [1.82, 2.24) is 15.8 Å². The van der Waals surface area contributed by atoms with Gasteiger partial charge in [-0.05, 0) is 31.5 Å². The maximum atomic E-state index is 12.6. The normalized spacial score (nSPS) is 10.4. The number of aromatic nitrogens is 1. The van der Waals surface area contributed by atoms with Gasteiger partial charge in [0.2, 0.25) is 0 Å². The standard InChI is InChI=1S/C23H25N3O4S/c1-4-5-13-30-18-12-11-17(14-19(18)29-3)21(27)25-26-22(28)20-15(2)24-23(31-20)16-9-7-6-8-10-16/h6-12,14H,4-5,13H2,1-3H3,(H,25,27)(H,26,28). The quantitative estimate of drug-likeness (QED) is 0.402. The molecule has 0 fully saturated rings. The van der Waals surface area contributed by atoms with Crippen molar-refractivity contribution in [2.45, 2.75) is 26.7 Å². The van der Waals surface area contributed by atoms with Crippen LogP contribution in [0.15, 0.2) is 48.5 Å². The number of ether oxygens (including phenoxy) is 2. The number of aryl methyl sites for hydroxylation is 1. The zero-order chi connectivity index (χ0) is 22.2. The number of unbranched alkanes of at least 4 members (excludes halogenated alkanes) is 1. The van der Waals surface area contributed by atoms with Crippen LogP contribution in [0.1, 0.15) is 45.5 Å². The van der Waals surface area contributed by atoms with Gasteiger partial charge >= 0.3 is 0 Å². The first kappa shape index (κ1) is 22.3. The molecular formula is C23H25N3O4S. The second-order valence-electron chi connectivity index (χ2n) is 6.78. The third-order valence-corrected chi connectivity index (χ3v) is 5.70. The number of nitrogens with zero attached hydrogens (tertiary/aromatic N) is 1. The number of methoxy groups -OCH3 is 1. The Balaban J connectivity index is 1.64. The van der Waals surface area contributed by atoms with Gasteiger partial charge in [0.15, 0.2) is 11.5 Å². The molecule has 0 aliphatic heterocycles. The lowest BCUT2D eigenvalue weighted by atomic mass is 10.2. The van der Waals surface area contributed by atoms with Crippen molar-refractivity contribution < 1.29 is 19.1 Å². The second kappa shape index (κ2) is 10.6. The molecule has 8 heteroatoms. The maximum Gasteiger partial charge on any atom is 0.281 e. The molecule has 2 aromatic carbocycles. The smallest absolute Gasteiger partial charge is 0.281 e. The third-order valence-electron chi connectivity index (χ3n) is 4.49. The van der Waals surface area contributed by atoms with Gasteiger partial charge in [0, 0.05) is 11.1 Å². The van der Waals surface area contributed by atoms with Gasteiger partial charge in [-0.2, -0.15) is 0 Å². The molecule has 7 nitrogen and oxygen atoms in total. The molecule has 1 heterocycles. The van der Waals surface area contributed by atoms with Gasteiger partial charge in [-0.25, -0.2) is 4.98 Å². The van der Waals surface area contributed by atoms with E-state index in [9.17, 15) is 9.59 Å². The fraction of sp³-hybridized carbons (Fsp3) is 0.261. The van der Waals surface area contributed by atoms with Crippen LogP contribution in [0.4, 0.5) is 0 Å². The average molecular weight is 440 g/mol. The predicted molar refractivity (Wildman–Crippen MR) is 121 cm³/mol. The van der Waals surface area contributed by atoms with Crippen molar-refractivity contribution in [1.29, 1.82) is 0 Å². The van der Waals surface area contributed by atoms with E-state index in [-0.39, 0.29) is 0 Å². The van der Waals surface area contributed by atoms with Gasteiger partial charge < -0.3 is 9.47 Å². The minimum Gasteiger partial charge on any atom is -0.493 e. The average Bonchev–Trinajstić information content (AvgIpc) is 3.19. The SMILES string of the molecule is CCCCOc1ccc(C(=O)NNC(=O)c2sc(-c3ccccc3)nc2C)cc1OC. The van der Waals surface area contributed by atoms with Crippen LogP contribution in [0.5, 0.6) is 11.5 Å². The number of benzene rings is 2. The lowest BCUT2D eigenvalue weighted by Crippen LogP contribution is -2.41. The summed E-state index contributed by atoms with van der Waals surface area (Å²) < 4.78 is 11.0. The molecule has 0 bridgehead atoms. The van der Waals surface area contributed by atoms with Crippen LogP contribution in [0.25, 0.3) is 10.6 Å². The molecule has 0 unspecified atom stereocenters. The minimum absolute atomic E-state index is 0.339. The lowest BCUT2D eigenvalue weighted by molar-refractivity contribution is 0.0848. The Morgan fingerprint density at radius 2 is 1.77 bits per heavy atom. The number of hydrogen-bond donors (Lipinski definition) is 2. The molecular weight excluding hydrogens is 414 g/mol. The minimum atomic E-state index is -0.461. The summed E-state index contributed by atoms with van der Waals surface area (Å²) in [6, 6.07) is 14.5. The highest BCUT2D eigenvalue weighted by molar-refractivity contribution is 7.17. The predicted octanol–water partition coefficient (Wildman–Crippen LogP) is 4.38. The topological polar surface area (TPSA) is 89.6 Å². The summed E-state index contributed by atoms with van der Waals surface area (Å²) in [7, 11) is 1.52. The van der Waals surface area contributed by atoms with Gasteiger partial charge in [-0.15, -0.1) is 11.3 Å². The summed E-state index contributed by atoms with van der Waals surface area (Å²) in [5.41, 5.74) is 6.78. The number of hydrogen-bond acceptors (Lipinski definition) is 6. The van der Waals surface area contributed by atoms with E-state index in [1.165, 1.54) is 18.4 Å². The van der Waals surface area contributed by atoms with E-state index in [0.29, 0.717) is 34.2 Å². The zero-order valence-electron chi connectivity index (χ0n) is 17.7. The Kier molecular flexibility index (Phi) is 7.61. The van der Waals surface area contributed by atoms with Gasteiger partial charge in [0.05, 0.1) is 19.4 Å². The van der Waals surface area contributed by atoms with Crippen LogP contribution < -0.4 is 20.3 Å². The van der Waals surface area contributed by atoms with E-state index in [1.807, 2.05) is 30.3 Å². The van der Waals surface area contributed by atoms with Crippen molar-refractivity contribution in [2.24, 2.45) is 0 Å².